The molecule has 3 atom stereocenters. The van der Waals surface area contributed by atoms with E-state index in [1.807, 2.05) is 24.3 Å². The highest BCUT2D eigenvalue weighted by Crippen LogP contribution is 2.19. The molecule has 0 bridgehead atoms. The molecular formula is C23H26N4O5S. The number of para-hydroxylation sites is 1. The number of nitrogens with one attached hydrogen (secondary N) is 3. The van der Waals surface area contributed by atoms with Crippen molar-refractivity contribution in [2.24, 2.45) is 5.73 Å². The summed E-state index contributed by atoms with van der Waals surface area (Å²) in [6.45, 7) is 0. The van der Waals surface area contributed by atoms with Crippen LogP contribution < -0.4 is 16.4 Å². The lowest BCUT2D eigenvalue weighted by molar-refractivity contribution is -0.141. The number of aromatic amines is 1. The number of hydrogen-bond acceptors (Lipinski definition) is 6. The molecule has 1 heterocycles. The zero-order valence-corrected chi connectivity index (χ0v) is 18.6. The molecule has 9 nitrogen and oxygen atoms in total. The first kappa shape index (κ1) is 24.1. The molecule has 10 heteroatoms. The Balaban J connectivity index is 1.74. The van der Waals surface area contributed by atoms with E-state index in [1.54, 1.807) is 18.3 Å². The van der Waals surface area contributed by atoms with E-state index in [4.69, 9.17) is 5.73 Å². The van der Waals surface area contributed by atoms with Crippen molar-refractivity contribution >= 4 is 41.3 Å². The van der Waals surface area contributed by atoms with Crippen molar-refractivity contribution in [3.63, 3.8) is 0 Å². The zero-order chi connectivity index (χ0) is 24.0. The molecule has 3 rings (SSSR count). The van der Waals surface area contributed by atoms with Crippen LogP contribution >= 0.6 is 12.6 Å². The zero-order valence-electron chi connectivity index (χ0n) is 17.7. The van der Waals surface area contributed by atoms with Gasteiger partial charge in [0.1, 0.15) is 17.8 Å². The smallest absolute Gasteiger partial charge is 0.327 e. The summed E-state index contributed by atoms with van der Waals surface area (Å²) < 4.78 is 0. The Bertz CT molecular complexity index is 1130. The fraction of sp³-hybridized carbons (Fsp3) is 0.261. The van der Waals surface area contributed by atoms with Gasteiger partial charge >= 0.3 is 5.97 Å². The summed E-state index contributed by atoms with van der Waals surface area (Å²) in [5.41, 5.74) is 8.60. The summed E-state index contributed by atoms with van der Waals surface area (Å²) in [7, 11) is 0. The molecule has 0 saturated carbocycles. The lowest BCUT2D eigenvalue weighted by atomic mass is 10.0. The van der Waals surface area contributed by atoms with Crippen LogP contribution in [0.3, 0.4) is 0 Å². The van der Waals surface area contributed by atoms with Gasteiger partial charge < -0.3 is 31.6 Å². The molecule has 0 aliphatic heterocycles. The van der Waals surface area contributed by atoms with Gasteiger partial charge in [0.05, 0.1) is 6.04 Å². The highest BCUT2D eigenvalue weighted by Gasteiger charge is 2.28. The van der Waals surface area contributed by atoms with E-state index in [9.17, 15) is 24.6 Å². The maximum Gasteiger partial charge on any atom is 0.327 e. The van der Waals surface area contributed by atoms with Gasteiger partial charge in [0.2, 0.25) is 11.8 Å². The molecule has 0 fully saturated rings. The first-order valence-electron chi connectivity index (χ1n) is 10.3. The average molecular weight is 471 g/mol. The van der Waals surface area contributed by atoms with Crippen LogP contribution in [0.1, 0.15) is 11.1 Å². The number of aromatic hydroxyl groups is 1. The van der Waals surface area contributed by atoms with Crippen molar-refractivity contribution in [3.8, 4) is 5.75 Å². The van der Waals surface area contributed by atoms with Crippen LogP contribution in [-0.4, -0.2) is 56.9 Å². The summed E-state index contributed by atoms with van der Waals surface area (Å²) in [5.74, 6) is -2.50. The van der Waals surface area contributed by atoms with E-state index >= 15 is 0 Å². The number of nitrogens with two attached hydrogens (primary N) is 1. The number of fused-ring (bicyclic) bond motifs is 1. The molecule has 33 heavy (non-hydrogen) atoms. The molecule has 0 aliphatic rings. The van der Waals surface area contributed by atoms with Crippen molar-refractivity contribution in [2.75, 3.05) is 5.75 Å². The largest absolute Gasteiger partial charge is 0.508 e. The second kappa shape index (κ2) is 10.9. The number of phenolic OH excluding ortho intramolecular Hbond substituents is 1. The number of carboxylic acid groups (broad SMARTS) is 1. The van der Waals surface area contributed by atoms with E-state index in [1.165, 1.54) is 12.1 Å². The molecule has 0 aliphatic carbocycles. The minimum atomic E-state index is -1.23. The Morgan fingerprint density at radius 1 is 0.970 bits per heavy atom. The first-order valence-corrected chi connectivity index (χ1v) is 10.9. The summed E-state index contributed by atoms with van der Waals surface area (Å²) >= 11 is 3.96. The molecule has 0 spiro atoms. The van der Waals surface area contributed by atoms with Crippen LogP contribution in [-0.2, 0) is 27.2 Å². The minimum Gasteiger partial charge on any atom is -0.508 e. The predicted octanol–water partition coefficient (Wildman–Crippen LogP) is 0.970. The van der Waals surface area contributed by atoms with E-state index in [-0.39, 0.29) is 24.3 Å². The van der Waals surface area contributed by atoms with Gasteiger partial charge in [0, 0.05) is 29.3 Å². The number of aliphatic carboxylic acids is 1. The second-order valence-electron chi connectivity index (χ2n) is 7.68. The molecule has 0 unspecified atom stereocenters. The number of phenols is 1. The molecule has 1 aromatic heterocycles. The Morgan fingerprint density at radius 3 is 2.30 bits per heavy atom. The molecule has 2 amide bonds. The number of rotatable bonds is 10. The van der Waals surface area contributed by atoms with Crippen LogP contribution in [0, 0.1) is 0 Å². The van der Waals surface area contributed by atoms with Gasteiger partial charge in [-0.25, -0.2) is 4.79 Å². The van der Waals surface area contributed by atoms with Gasteiger partial charge in [-0.15, -0.1) is 0 Å². The van der Waals surface area contributed by atoms with Crippen molar-refractivity contribution in [3.05, 3.63) is 65.9 Å². The number of carbonyl (C=O) groups excluding carboxylic acids is 2. The van der Waals surface area contributed by atoms with Crippen LogP contribution in [0.4, 0.5) is 0 Å². The van der Waals surface area contributed by atoms with Crippen LogP contribution in [0.25, 0.3) is 10.9 Å². The summed E-state index contributed by atoms with van der Waals surface area (Å²) in [6.07, 6.45) is 2.12. The lowest BCUT2D eigenvalue weighted by Crippen LogP contribution is -2.55. The van der Waals surface area contributed by atoms with Gasteiger partial charge in [-0.3, -0.25) is 9.59 Å². The quantitative estimate of drug-likeness (QED) is 0.219. The lowest BCUT2D eigenvalue weighted by Gasteiger charge is -2.22. The molecule has 7 N–H and O–H groups in total. The minimum absolute atomic E-state index is 0.0607. The summed E-state index contributed by atoms with van der Waals surface area (Å²) in [6, 6.07) is 10.6. The van der Waals surface area contributed by atoms with E-state index in [0.29, 0.717) is 5.56 Å². The van der Waals surface area contributed by atoms with Crippen LogP contribution in [0.15, 0.2) is 54.7 Å². The van der Waals surface area contributed by atoms with Crippen molar-refractivity contribution < 1.29 is 24.6 Å². The third kappa shape index (κ3) is 6.27. The summed E-state index contributed by atoms with van der Waals surface area (Å²) in [4.78, 5) is 40.1. The number of hydrogen-bond donors (Lipinski definition) is 7. The van der Waals surface area contributed by atoms with Gasteiger partial charge in [0.15, 0.2) is 0 Å². The topological polar surface area (TPSA) is 158 Å². The third-order valence-electron chi connectivity index (χ3n) is 5.26. The molecule has 0 radical (unpaired) electrons. The molecule has 174 valence electrons. The van der Waals surface area contributed by atoms with Crippen LogP contribution in [0.5, 0.6) is 5.75 Å². The Morgan fingerprint density at radius 2 is 1.64 bits per heavy atom. The maximum atomic E-state index is 12.9. The third-order valence-corrected chi connectivity index (χ3v) is 5.62. The number of thiol groups is 1. The molecular weight excluding hydrogens is 444 g/mol. The standard InChI is InChI=1S/C23H26N4O5S/c24-17(10-14-11-25-18-4-2-1-3-16(14)18)21(29)26-19(9-13-5-7-15(28)8-6-13)22(30)27-20(12-33)23(31)32/h1-8,11,17,19-20,25,28,33H,9-10,12,24H2,(H,26,29)(H,27,30)(H,31,32)/t17-,19-,20-/m0/s1. The molecule has 3 aromatic rings. The first-order chi connectivity index (χ1) is 15.8. The van der Waals surface area contributed by atoms with Crippen molar-refractivity contribution in [1.82, 2.24) is 15.6 Å². The SMILES string of the molecule is N[C@@H](Cc1c[nH]c2ccccc12)C(=O)N[C@@H](Cc1ccc(O)cc1)C(=O)N[C@@H](CS)C(=O)O. The van der Waals surface area contributed by atoms with E-state index in [0.717, 1.165) is 16.5 Å². The highest BCUT2D eigenvalue weighted by molar-refractivity contribution is 7.80. The number of carboxylic acids is 1. The van der Waals surface area contributed by atoms with Crippen molar-refractivity contribution in [1.29, 1.82) is 0 Å². The fourth-order valence-corrected chi connectivity index (χ4v) is 3.69. The van der Waals surface area contributed by atoms with Gasteiger partial charge in [-0.1, -0.05) is 30.3 Å². The monoisotopic (exact) mass is 470 g/mol. The van der Waals surface area contributed by atoms with Crippen molar-refractivity contribution in [2.45, 2.75) is 31.0 Å². The maximum absolute atomic E-state index is 12.9. The molecule has 0 saturated heterocycles. The number of amides is 2. The number of aromatic nitrogens is 1. The van der Waals surface area contributed by atoms with E-state index < -0.39 is 35.9 Å². The Hall–Kier alpha value is -3.50. The van der Waals surface area contributed by atoms with E-state index in [2.05, 4.69) is 28.2 Å². The van der Waals surface area contributed by atoms with Gasteiger partial charge in [-0.05, 0) is 35.7 Å². The van der Waals surface area contributed by atoms with Gasteiger partial charge in [0.25, 0.3) is 0 Å². The number of carbonyl (C=O) groups is 3. The average Bonchev–Trinajstić information content (AvgIpc) is 3.20. The highest BCUT2D eigenvalue weighted by atomic mass is 32.1. The molecule has 2 aromatic carbocycles. The predicted molar refractivity (Wildman–Crippen MR) is 127 cm³/mol. The Kier molecular flexibility index (Phi) is 7.96. The number of H-pyrrole nitrogens is 1. The van der Waals surface area contributed by atoms with Crippen LogP contribution in [0.2, 0.25) is 0 Å². The fourth-order valence-electron chi connectivity index (χ4n) is 3.44. The van der Waals surface area contributed by atoms with Gasteiger partial charge in [-0.2, -0.15) is 12.6 Å². The Labute approximate surface area is 195 Å². The number of benzene rings is 2. The second-order valence-corrected chi connectivity index (χ2v) is 8.05. The summed E-state index contributed by atoms with van der Waals surface area (Å²) in [5, 5.41) is 24.7. The normalized spacial score (nSPS) is 13.8.